The minimum atomic E-state index is -2.11. The summed E-state index contributed by atoms with van der Waals surface area (Å²) >= 11 is 0. The molecule has 8 heteroatoms. The van der Waals surface area contributed by atoms with E-state index in [9.17, 15) is 0 Å². The number of hydrogen-bond donors (Lipinski definition) is 0. The Morgan fingerprint density at radius 2 is 0.393 bits per heavy atom. The third-order valence-corrected chi connectivity index (χ3v) is 336. The van der Waals surface area contributed by atoms with Gasteiger partial charge in [0.2, 0.25) is 0 Å². The smallest absolute Gasteiger partial charge is 0.0309 e. The fourth-order valence-corrected chi connectivity index (χ4v) is 844. The van der Waals surface area contributed by atoms with Gasteiger partial charge in [0.15, 0.2) is 0 Å². The average molecular weight is 906 g/mol. The van der Waals surface area contributed by atoms with E-state index in [0.29, 0.717) is 40.3 Å². The first-order valence-electron chi connectivity index (χ1n) is 24.3. The van der Waals surface area contributed by atoms with Crippen LogP contribution in [-0.2, 0) is 0 Å². The second-order valence-corrected chi connectivity index (χ2v) is 126. The molecule has 5 aliphatic rings. The summed E-state index contributed by atoms with van der Waals surface area (Å²) in [6, 6.07) is 0. The second kappa shape index (κ2) is 13.2. The van der Waals surface area contributed by atoms with E-state index in [4.69, 9.17) is 0 Å². The Morgan fingerprint density at radius 1 is 0.232 bits per heavy atom. The lowest BCUT2D eigenvalue weighted by Gasteiger charge is -3.02. The Kier molecular flexibility index (Phi) is 11.8. The molecule has 5 rings (SSSR count). The molecule has 0 aliphatic carbocycles. The van der Waals surface area contributed by atoms with Gasteiger partial charge in [-0.3, -0.25) is 0 Å². The number of hydrogen-bond acceptors (Lipinski definition) is 0. The van der Waals surface area contributed by atoms with Crippen molar-refractivity contribution >= 4 is 55.4 Å². The summed E-state index contributed by atoms with van der Waals surface area (Å²) in [4.78, 5) is 0. The van der Waals surface area contributed by atoms with Crippen LogP contribution in [0.2, 0.25) is 40.3 Å². The predicted molar refractivity (Wildman–Crippen MR) is 277 cm³/mol. The first kappa shape index (κ1) is 50.4. The van der Waals surface area contributed by atoms with Crippen molar-refractivity contribution in [2.45, 2.75) is 262 Å². The maximum absolute atomic E-state index is 3.13. The maximum Gasteiger partial charge on any atom is 0.0309 e. The van der Waals surface area contributed by atoms with Crippen molar-refractivity contribution in [2.75, 3.05) is 0 Å². The lowest BCUT2D eigenvalue weighted by atomic mass is 9.99. The van der Waals surface area contributed by atoms with Crippen LogP contribution in [-0.4, -0.2) is 55.4 Å². The SMILES string of the molecule is CC(C)C(C)(C)[Si]1[Si]2(C(C)(C)C(C)C)[Si]3(C(C)(C)C(C)C)[Si](C(C)(C)C(C)C)[Si]4(C(C)(C)C(C)C)[Si]2(C(C)(C)C(C)C)[Si]1(C(C)(C)C(C)C)[Si]34C(C)(C)C(C)C. The van der Waals surface area contributed by atoms with Crippen LogP contribution in [0.3, 0.4) is 0 Å². The van der Waals surface area contributed by atoms with Crippen molar-refractivity contribution in [3.05, 3.63) is 0 Å². The Labute approximate surface area is 362 Å². The molecule has 56 heavy (non-hydrogen) atoms. The topological polar surface area (TPSA) is 0 Å². The molecule has 328 valence electrons. The zero-order chi connectivity index (χ0) is 44.8. The van der Waals surface area contributed by atoms with Gasteiger partial charge in [-0.15, -0.1) is 0 Å². The lowest BCUT2D eigenvalue weighted by Crippen LogP contribution is -3.28. The van der Waals surface area contributed by atoms with Crippen molar-refractivity contribution in [3.8, 4) is 0 Å². The van der Waals surface area contributed by atoms with Crippen molar-refractivity contribution in [3.63, 3.8) is 0 Å². The summed E-state index contributed by atoms with van der Waals surface area (Å²) in [6.45, 7) is 81.9. The van der Waals surface area contributed by atoms with Gasteiger partial charge in [0.25, 0.3) is 0 Å². The van der Waals surface area contributed by atoms with E-state index in [2.05, 4.69) is 222 Å². The standard InChI is InChI=1S/C48H104Si8/c1-33(2)41(17,18)49-51(43(21,22)35(5)6)52(44(23,24)36(7)8)50(42(19,20)34(3)4)54(46(27,28)38(11)12)55(51,47(29,30)39(13)14)53(49,45(25,26)37(9)10)56(52,54)48(31,32)40(15)16/h33-40H,1-32H3. The predicted octanol–water partition coefficient (Wildman–Crippen LogP) is 16.1. The fourth-order valence-electron chi connectivity index (χ4n) is 17.9. The van der Waals surface area contributed by atoms with Gasteiger partial charge < -0.3 is 0 Å². The number of rotatable bonds is 16. The van der Waals surface area contributed by atoms with Crippen LogP contribution >= 0.6 is 0 Å². The average Bonchev–Trinajstić information content (AvgIpc) is 3.49. The zero-order valence-electron chi connectivity index (χ0n) is 44.6. The van der Waals surface area contributed by atoms with E-state index in [1.165, 1.54) is 0 Å². The largest absolute Gasteiger partial charge is 0.0628 e. The van der Waals surface area contributed by atoms with Crippen LogP contribution < -0.4 is 0 Å². The molecule has 2 radical (unpaired) electrons. The van der Waals surface area contributed by atoms with Crippen LogP contribution in [0.1, 0.15) is 222 Å². The third-order valence-electron chi connectivity index (χ3n) is 24.1. The van der Waals surface area contributed by atoms with Gasteiger partial charge >= 0.3 is 0 Å². The van der Waals surface area contributed by atoms with E-state index in [1.54, 1.807) is 0 Å². The first-order valence-corrected chi connectivity index (χ1v) is 50.3. The highest BCUT2D eigenvalue weighted by Crippen LogP contribution is 3.05. The van der Waals surface area contributed by atoms with Crippen LogP contribution in [0.4, 0.5) is 0 Å². The van der Waals surface area contributed by atoms with Crippen molar-refractivity contribution in [1.29, 1.82) is 0 Å². The highest BCUT2D eigenvalue weighted by atomic mass is 31.0. The highest BCUT2D eigenvalue weighted by Gasteiger charge is 3.29. The summed E-state index contributed by atoms with van der Waals surface area (Å²) in [5.41, 5.74) is 0. The molecule has 0 aromatic rings. The fraction of sp³-hybridized carbons (Fsp3) is 1.00. The molecule has 5 heterocycles. The third kappa shape index (κ3) is 4.06. The van der Waals surface area contributed by atoms with E-state index >= 15 is 0 Å². The van der Waals surface area contributed by atoms with Gasteiger partial charge in [0, 0.05) is 55.4 Å². The van der Waals surface area contributed by atoms with Crippen molar-refractivity contribution in [2.24, 2.45) is 47.3 Å². The van der Waals surface area contributed by atoms with Gasteiger partial charge in [-0.1, -0.05) is 222 Å². The molecule has 0 spiro atoms. The Morgan fingerprint density at radius 3 is 0.536 bits per heavy atom. The quantitative estimate of drug-likeness (QED) is 0.135. The van der Waals surface area contributed by atoms with Gasteiger partial charge in [0.05, 0.1) is 0 Å². The van der Waals surface area contributed by atoms with Gasteiger partial charge in [-0.2, -0.15) is 0 Å². The normalized spacial score (nSPS) is 34.9. The monoisotopic (exact) mass is 905 g/mol. The molecule has 0 aromatic carbocycles. The molecule has 2 atom stereocenters. The zero-order valence-corrected chi connectivity index (χ0v) is 52.6. The van der Waals surface area contributed by atoms with Gasteiger partial charge in [0.1, 0.15) is 0 Å². The highest BCUT2D eigenvalue weighted by molar-refractivity contribution is 8.75. The molecule has 0 N–H and O–H groups in total. The minimum Gasteiger partial charge on any atom is -0.0628 e. The molecule has 0 saturated carbocycles. The van der Waals surface area contributed by atoms with Gasteiger partial charge in [-0.25, -0.2) is 0 Å². The molecule has 5 fully saturated rings. The van der Waals surface area contributed by atoms with Crippen LogP contribution in [0, 0.1) is 47.3 Å². The van der Waals surface area contributed by atoms with E-state index in [1.807, 2.05) is 0 Å². The van der Waals surface area contributed by atoms with Gasteiger partial charge in [-0.05, 0) is 87.6 Å². The molecule has 0 aromatic heterocycles. The van der Waals surface area contributed by atoms with Crippen molar-refractivity contribution in [1.82, 2.24) is 0 Å². The van der Waals surface area contributed by atoms with E-state index < -0.39 is 55.4 Å². The van der Waals surface area contributed by atoms with E-state index in [-0.39, 0.29) is 0 Å². The Bertz CT molecular complexity index is 1360. The molecule has 0 nitrogen and oxygen atoms in total. The molecular weight excluding hydrogens is 801 g/mol. The summed E-state index contributed by atoms with van der Waals surface area (Å²) < 4.78 is 0. The summed E-state index contributed by atoms with van der Waals surface area (Å²) in [5, 5.41) is 4.00. The minimum absolute atomic E-state index is 0.486. The molecule has 2 unspecified atom stereocenters. The maximum atomic E-state index is 3.13. The summed E-state index contributed by atoms with van der Waals surface area (Å²) in [7, 11) is -1.46. The van der Waals surface area contributed by atoms with Crippen molar-refractivity contribution < 1.29 is 0 Å². The Hall–Kier alpha value is 1.74. The first-order chi connectivity index (χ1) is 24.5. The lowest BCUT2D eigenvalue weighted by molar-refractivity contribution is 0.424. The summed E-state index contributed by atoms with van der Waals surface area (Å²) in [6.07, 6.45) is 0. The molecular formula is C48H104Si8. The second-order valence-electron chi connectivity index (χ2n) is 28.3. The molecule has 5 saturated heterocycles. The molecule has 5 aliphatic heterocycles. The van der Waals surface area contributed by atoms with Crippen LogP contribution in [0.5, 0.6) is 0 Å². The Balaban J connectivity index is 2.87. The van der Waals surface area contributed by atoms with E-state index in [0.717, 1.165) is 47.3 Å². The summed E-state index contributed by atoms with van der Waals surface area (Å²) in [5.74, 6) is 6.23. The molecule has 0 amide bonds. The molecule has 6 bridgehead atoms. The van der Waals surface area contributed by atoms with Crippen LogP contribution in [0.25, 0.3) is 0 Å². The van der Waals surface area contributed by atoms with Crippen LogP contribution in [0.15, 0.2) is 0 Å².